The number of nitrogens with zero attached hydrogens (tertiary/aromatic N) is 2. The van der Waals surface area contributed by atoms with E-state index >= 15 is 0 Å². The molecule has 0 aromatic carbocycles. The van der Waals surface area contributed by atoms with Gasteiger partial charge >= 0.3 is 0 Å². The maximum absolute atomic E-state index is 4.20. The molecule has 3 heteroatoms. The van der Waals surface area contributed by atoms with Gasteiger partial charge in [0.05, 0.1) is 6.20 Å². The number of piperazine rings is 1. The fraction of sp³-hybridized carbons (Fsp3) is 0.545. The minimum atomic E-state index is 1.04. The molecule has 2 heterocycles. The first-order valence-electron chi connectivity index (χ1n) is 5.20. The predicted molar refractivity (Wildman–Crippen MR) is 56.1 cm³/mol. The smallest absolute Gasteiger partial charge is 0.0889 e. The Hall–Kier alpha value is -0.930. The predicted octanol–water partition coefficient (Wildman–Crippen LogP) is 0.329. The average molecular weight is 190 g/mol. The van der Waals surface area contributed by atoms with Crippen LogP contribution in [-0.2, 0) is 6.42 Å². The summed E-state index contributed by atoms with van der Waals surface area (Å²) in [5.74, 6) is 0. The molecule has 0 unspecified atom stereocenters. The Labute approximate surface area is 85.1 Å². The minimum Gasteiger partial charge on any atom is -0.314 e. The molecule has 0 aliphatic carbocycles. The van der Waals surface area contributed by atoms with Crippen LogP contribution in [0, 0.1) is 6.20 Å². The first-order valence-corrected chi connectivity index (χ1v) is 5.20. The highest BCUT2D eigenvalue weighted by Crippen LogP contribution is 1.98. The summed E-state index contributed by atoms with van der Waals surface area (Å²) < 4.78 is 0. The summed E-state index contributed by atoms with van der Waals surface area (Å²) in [7, 11) is 0. The van der Waals surface area contributed by atoms with Crippen molar-refractivity contribution in [1.82, 2.24) is 15.2 Å². The summed E-state index contributed by atoms with van der Waals surface area (Å²) in [6.07, 6.45) is 3.91. The van der Waals surface area contributed by atoms with Gasteiger partial charge in [-0.3, -0.25) is 4.98 Å². The van der Waals surface area contributed by atoms with Crippen LogP contribution in [0.2, 0.25) is 0 Å². The van der Waals surface area contributed by atoms with E-state index in [1.165, 1.54) is 0 Å². The maximum atomic E-state index is 4.20. The van der Waals surface area contributed by atoms with E-state index in [-0.39, 0.29) is 0 Å². The Morgan fingerprint density at radius 3 is 3.00 bits per heavy atom. The fourth-order valence-corrected chi connectivity index (χ4v) is 1.71. The Bertz CT molecular complexity index is 254. The van der Waals surface area contributed by atoms with E-state index in [2.05, 4.69) is 27.5 Å². The second kappa shape index (κ2) is 5.08. The van der Waals surface area contributed by atoms with Gasteiger partial charge in [-0.2, -0.15) is 0 Å². The molecule has 1 aromatic heterocycles. The van der Waals surface area contributed by atoms with E-state index in [0.717, 1.165) is 44.8 Å². The fourth-order valence-electron chi connectivity index (χ4n) is 1.71. The molecule has 0 amide bonds. The van der Waals surface area contributed by atoms with Crippen molar-refractivity contribution in [3.63, 3.8) is 0 Å². The lowest BCUT2D eigenvalue weighted by atomic mass is 10.2. The van der Waals surface area contributed by atoms with Crippen LogP contribution in [-0.4, -0.2) is 42.6 Å². The summed E-state index contributed by atoms with van der Waals surface area (Å²) in [6.45, 7) is 5.68. The van der Waals surface area contributed by atoms with Gasteiger partial charge in [-0.15, -0.1) is 0 Å². The van der Waals surface area contributed by atoms with Gasteiger partial charge in [0.15, 0.2) is 0 Å². The quantitative estimate of drug-likeness (QED) is 0.744. The Morgan fingerprint density at radius 1 is 1.43 bits per heavy atom. The molecule has 1 N–H and O–H groups in total. The second-order valence-electron chi connectivity index (χ2n) is 3.60. The number of hydrogen-bond donors (Lipinski definition) is 1. The zero-order valence-corrected chi connectivity index (χ0v) is 8.37. The van der Waals surface area contributed by atoms with Crippen LogP contribution in [0.1, 0.15) is 5.69 Å². The van der Waals surface area contributed by atoms with Crippen molar-refractivity contribution in [2.45, 2.75) is 6.42 Å². The van der Waals surface area contributed by atoms with Crippen LogP contribution in [0.4, 0.5) is 0 Å². The van der Waals surface area contributed by atoms with Gasteiger partial charge in [-0.1, -0.05) is 6.07 Å². The van der Waals surface area contributed by atoms with Crippen molar-refractivity contribution in [3.05, 3.63) is 30.1 Å². The summed E-state index contributed by atoms with van der Waals surface area (Å²) in [5.41, 5.74) is 1.14. The van der Waals surface area contributed by atoms with E-state index < -0.39 is 0 Å². The molecule has 0 saturated carbocycles. The number of hydrogen-bond acceptors (Lipinski definition) is 3. The molecular formula is C11H16N3. The molecule has 1 aromatic rings. The number of aromatic nitrogens is 1. The average Bonchev–Trinajstić information content (AvgIpc) is 2.29. The third-order valence-corrected chi connectivity index (χ3v) is 2.56. The van der Waals surface area contributed by atoms with Gasteiger partial charge in [0.1, 0.15) is 0 Å². The van der Waals surface area contributed by atoms with Crippen LogP contribution in [0.15, 0.2) is 18.2 Å². The normalized spacial score (nSPS) is 18.3. The lowest BCUT2D eigenvalue weighted by Crippen LogP contribution is -2.44. The van der Waals surface area contributed by atoms with Crippen molar-refractivity contribution >= 4 is 0 Å². The molecule has 0 bridgehead atoms. The number of pyridine rings is 1. The Morgan fingerprint density at radius 2 is 2.29 bits per heavy atom. The van der Waals surface area contributed by atoms with Crippen molar-refractivity contribution in [3.8, 4) is 0 Å². The minimum absolute atomic E-state index is 1.04. The van der Waals surface area contributed by atoms with Gasteiger partial charge in [0.2, 0.25) is 0 Å². The zero-order valence-electron chi connectivity index (χ0n) is 8.37. The highest BCUT2D eigenvalue weighted by Gasteiger charge is 2.08. The monoisotopic (exact) mass is 190 g/mol. The van der Waals surface area contributed by atoms with Crippen LogP contribution in [0.3, 0.4) is 0 Å². The van der Waals surface area contributed by atoms with E-state index in [4.69, 9.17) is 0 Å². The lowest BCUT2D eigenvalue weighted by Gasteiger charge is -2.26. The molecule has 1 fully saturated rings. The first-order chi connectivity index (χ1) is 6.95. The van der Waals surface area contributed by atoms with Crippen molar-refractivity contribution < 1.29 is 0 Å². The highest BCUT2D eigenvalue weighted by molar-refractivity contribution is 5.03. The van der Waals surface area contributed by atoms with E-state index in [1.54, 1.807) is 0 Å². The third-order valence-electron chi connectivity index (χ3n) is 2.56. The standard InChI is InChI=1S/C11H16N3/c1-2-5-13-11(3-1)4-8-14-9-6-12-7-10-14/h1-3,12H,4,6-10H2. The molecule has 1 saturated heterocycles. The van der Waals surface area contributed by atoms with Gasteiger partial charge in [0.25, 0.3) is 0 Å². The molecule has 1 aliphatic rings. The van der Waals surface area contributed by atoms with Gasteiger partial charge in [-0.05, 0) is 12.1 Å². The molecule has 75 valence electrons. The Kier molecular flexibility index (Phi) is 3.49. The van der Waals surface area contributed by atoms with Crippen molar-refractivity contribution in [2.24, 2.45) is 0 Å². The van der Waals surface area contributed by atoms with E-state index in [0.29, 0.717) is 0 Å². The molecule has 3 nitrogen and oxygen atoms in total. The topological polar surface area (TPSA) is 28.2 Å². The summed E-state index contributed by atoms with van der Waals surface area (Å²) >= 11 is 0. The van der Waals surface area contributed by atoms with Crippen LogP contribution >= 0.6 is 0 Å². The van der Waals surface area contributed by atoms with Gasteiger partial charge in [0, 0.05) is 44.8 Å². The third kappa shape index (κ3) is 2.79. The van der Waals surface area contributed by atoms with Crippen LogP contribution in [0.25, 0.3) is 0 Å². The SMILES string of the molecule is [c]1cccc(CCN2CCNCC2)n1. The maximum Gasteiger partial charge on any atom is 0.0889 e. The van der Waals surface area contributed by atoms with Crippen LogP contribution in [0.5, 0.6) is 0 Å². The zero-order chi connectivity index (χ0) is 9.64. The molecule has 1 radical (unpaired) electrons. The largest absolute Gasteiger partial charge is 0.314 e. The van der Waals surface area contributed by atoms with Crippen LogP contribution < -0.4 is 5.32 Å². The van der Waals surface area contributed by atoms with E-state index in [9.17, 15) is 0 Å². The van der Waals surface area contributed by atoms with Gasteiger partial charge in [-0.25, -0.2) is 0 Å². The summed E-state index contributed by atoms with van der Waals surface area (Å²) in [5, 5.41) is 3.35. The Balaban J connectivity index is 1.76. The van der Waals surface area contributed by atoms with Crippen molar-refractivity contribution in [2.75, 3.05) is 32.7 Å². The van der Waals surface area contributed by atoms with Crippen molar-refractivity contribution in [1.29, 1.82) is 0 Å². The molecule has 14 heavy (non-hydrogen) atoms. The second-order valence-corrected chi connectivity index (χ2v) is 3.60. The molecular weight excluding hydrogens is 174 g/mol. The molecule has 0 spiro atoms. The van der Waals surface area contributed by atoms with E-state index in [1.807, 2.05) is 12.1 Å². The number of rotatable bonds is 3. The highest BCUT2D eigenvalue weighted by atomic mass is 15.2. The molecule has 0 atom stereocenters. The lowest BCUT2D eigenvalue weighted by molar-refractivity contribution is 0.243. The first kappa shape index (κ1) is 9.62. The number of nitrogens with one attached hydrogen (secondary N) is 1. The summed E-state index contributed by atoms with van der Waals surface area (Å²) in [4.78, 5) is 6.67. The molecule has 2 rings (SSSR count). The molecule has 1 aliphatic heterocycles. The van der Waals surface area contributed by atoms with Gasteiger partial charge < -0.3 is 10.2 Å². The summed E-state index contributed by atoms with van der Waals surface area (Å²) in [6, 6.07) is 5.91.